The summed E-state index contributed by atoms with van der Waals surface area (Å²) in [5, 5.41) is 9.28. The van der Waals surface area contributed by atoms with Crippen LogP contribution in [-0.2, 0) is 9.47 Å². The van der Waals surface area contributed by atoms with E-state index in [1.165, 1.54) is 24.3 Å². The number of hydrogen-bond acceptors (Lipinski definition) is 7. The number of carboxylic acid groups (broad SMARTS) is 1. The molecule has 0 saturated carbocycles. The lowest BCUT2D eigenvalue weighted by Crippen LogP contribution is -2.17. The average Bonchev–Trinajstić information content (AvgIpc) is 2.93. The van der Waals surface area contributed by atoms with Gasteiger partial charge in [-0.2, -0.15) is 0 Å². The van der Waals surface area contributed by atoms with Crippen LogP contribution in [0.15, 0.2) is 36.4 Å². The average molecular weight is 382 g/mol. The molecule has 0 fully saturated rings. The topological polar surface area (TPSA) is 124 Å². The van der Waals surface area contributed by atoms with E-state index in [1.807, 2.05) is 0 Å². The quantitative estimate of drug-likeness (QED) is 0.475. The van der Waals surface area contributed by atoms with Gasteiger partial charge in [0, 0.05) is 11.1 Å². The van der Waals surface area contributed by atoms with Crippen LogP contribution in [0.5, 0.6) is 0 Å². The first-order valence-corrected chi connectivity index (χ1v) is 8.22. The Morgan fingerprint density at radius 1 is 0.893 bits per heavy atom. The number of ether oxygens (including phenoxy) is 2. The van der Waals surface area contributed by atoms with Crippen molar-refractivity contribution in [3.8, 4) is 0 Å². The summed E-state index contributed by atoms with van der Waals surface area (Å²) in [6, 6.07) is 7.40. The number of carbonyl (C=O) groups is 5. The van der Waals surface area contributed by atoms with Crippen molar-refractivity contribution >= 4 is 29.7 Å². The maximum atomic E-state index is 12.8. The molecule has 1 aliphatic rings. The summed E-state index contributed by atoms with van der Waals surface area (Å²) in [7, 11) is 0. The fourth-order valence-electron chi connectivity index (χ4n) is 2.71. The van der Waals surface area contributed by atoms with Gasteiger partial charge in [0.1, 0.15) is 0 Å². The van der Waals surface area contributed by atoms with Crippen LogP contribution in [-0.4, -0.2) is 40.9 Å². The van der Waals surface area contributed by atoms with E-state index in [9.17, 15) is 29.1 Å². The number of esters is 3. The van der Waals surface area contributed by atoms with Crippen LogP contribution in [0.3, 0.4) is 0 Å². The number of benzene rings is 2. The van der Waals surface area contributed by atoms with Crippen LogP contribution in [0.4, 0.5) is 0 Å². The molecule has 2 aromatic rings. The Balaban J connectivity index is 2.02. The summed E-state index contributed by atoms with van der Waals surface area (Å²) < 4.78 is 9.53. The fraction of sp³-hybridized carbons (Fsp3) is 0.150. The molecule has 28 heavy (non-hydrogen) atoms. The van der Waals surface area contributed by atoms with Gasteiger partial charge >= 0.3 is 23.9 Å². The minimum Gasteiger partial charge on any atom is -0.478 e. The number of aromatic carboxylic acids is 1. The van der Waals surface area contributed by atoms with E-state index in [4.69, 9.17) is 4.74 Å². The van der Waals surface area contributed by atoms with Gasteiger partial charge in [-0.1, -0.05) is 12.1 Å². The molecule has 0 spiro atoms. The Morgan fingerprint density at radius 3 is 2.14 bits per heavy atom. The smallest absolute Gasteiger partial charge is 0.346 e. The Kier molecular flexibility index (Phi) is 4.79. The number of fused-ring (bicyclic) bond motifs is 1. The maximum absolute atomic E-state index is 12.8. The highest BCUT2D eigenvalue weighted by Gasteiger charge is 2.30. The Labute approximate surface area is 158 Å². The third-order valence-electron chi connectivity index (χ3n) is 3.98. The second kappa shape index (κ2) is 7.07. The number of cyclic esters (lactones) is 2. The minimum atomic E-state index is -1.34. The van der Waals surface area contributed by atoms with Crippen LogP contribution in [0.2, 0.25) is 0 Å². The number of carbonyl (C=O) groups excluding carboxylic acids is 4. The highest BCUT2D eigenvalue weighted by Crippen LogP contribution is 2.23. The predicted molar refractivity (Wildman–Crippen MR) is 93.6 cm³/mol. The van der Waals surface area contributed by atoms with Crippen molar-refractivity contribution in [3.05, 3.63) is 69.8 Å². The molecule has 8 nitrogen and oxygen atoms in total. The number of rotatable bonds is 5. The van der Waals surface area contributed by atoms with Gasteiger partial charge in [-0.15, -0.1) is 0 Å². The third kappa shape index (κ3) is 3.39. The second-order valence-electron chi connectivity index (χ2n) is 6.29. The number of ketones is 1. The number of hydrogen-bond donors (Lipinski definition) is 1. The molecule has 2 aromatic carbocycles. The van der Waals surface area contributed by atoms with E-state index >= 15 is 0 Å². The number of carboxylic acids is 1. The van der Waals surface area contributed by atoms with Crippen molar-refractivity contribution in [1.29, 1.82) is 0 Å². The van der Waals surface area contributed by atoms with Gasteiger partial charge in [0.05, 0.1) is 28.4 Å². The molecular weight excluding hydrogens is 368 g/mol. The van der Waals surface area contributed by atoms with E-state index in [1.54, 1.807) is 13.8 Å². The van der Waals surface area contributed by atoms with E-state index in [2.05, 4.69) is 4.74 Å². The molecule has 0 radical (unpaired) electrons. The first kappa shape index (κ1) is 19.0. The fourth-order valence-corrected chi connectivity index (χ4v) is 2.71. The highest BCUT2D eigenvalue weighted by molar-refractivity contribution is 6.17. The van der Waals surface area contributed by atoms with Crippen LogP contribution >= 0.6 is 0 Å². The first-order chi connectivity index (χ1) is 13.2. The molecule has 1 aliphatic heterocycles. The van der Waals surface area contributed by atoms with Gasteiger partial charge < -0.3 is 14.6 Å². The SMILES string of the molecule is CC(C)OC(=O)c1cc(C(=O)c2ccc3c(c2)C(=O)OC3=O)ccc1C(=O)O. The lowest BCUT2D eigenvalue weighted by Gasteiger charge is -2.11. The van der Waals surface area contributed by atoms with Crippen LogP contribution in [0.1, 0.15) is 71.2 Å². The lowest BCUT2D eigenvalue weighted by molar-refractivity contribution is 0.0369. The van der Waals surface area contributed by atoms with Crippen molar-refractivity contribution in [2.75, 3.05) is 0 Å². The molecule has 0 saturated heterocycles. The molecule has 0 bridgehead atoms. The van der Waals surface area contributed by atoms with Gasteiger partial charge in [-0.05, 0) is 38.1 Å². The van der Waals surface area contributed by atoms with Crippen molar-refractivity contribution < 1.29 is 38.6 Å². The maximum Gasteiger partial charge on any atom is 0.346 e. The molecule has 3 rings (SSSR count). The van der Waals surface area contributed by atoms with Crippen molar-refractivity contribution in [1.82, 2.24) is 0 Å². The van der Waals surface area contributed by atoms with Crippen LogP contribution in [0, 0.1) is 0 Å². The zero-order chi connectivity index (χ0) is 20.6. The van der Waals surface area contributed by atoms with Crippen molar-refractivity contribution in [3.63, 3.8) is 0 Å². The molecule has 1 heterocycles. The molecule has 0 atom stereocenters. The summed E-state index contributed by atoms with van der Waals surface area (Å²) in [5.74, 6) is -4.41. The molecule has 142 valence electrons. The van der Waals surface area contributed by atoms with Gasteiger partial charge in [-0.25, -0.2) is 19.2 Å². The second-order valence-corrected chi connectivity index (χ2v) is 6.29. The summed E-state index contributed by atoms with van der Waals surface area (Å²) in [6.45, 7) is 3.22. The van der Waals surface area contributed by atoms with Gasteiger partial charge in [-0.3, -0.25) is 4.79 Å². The largest absolute Gasteiger partial charge is 0.478 e. The van der Waals surface area contributed by atoms with Gasteiger partial charge in [0.2, 0.25) is 0 Å². The van der Waals surface area contributed by atoms with E-state index < -0.39 is 35.8 Å². The summed E-state index contributed by atoms with van der Waals surface area (Å²) in [5.41, 5.74) is -0.426. The molecule has 0 unspecified atom stereocenters. The van der Waals surface area contributed by atoms with Crippen molar-refractivity contribution in [2.24, 2.45) is 0 Å². The Bertz CT molecular complexity index is 1050. The van der Waals surface area contributed by atoms with E-state index in [0.29, 0.717) is 0 Å². The predicted octanol–water partition coefficient (Wildman–Crippen LogP) is 2.49. The standard InChI is InChI=1S/C20H14O8/c1-9(2)27-19(25)14-7-10(3-5-12(14)17(22)23)16(21)11-4-6-13-15(8-11)20(26)28-18(13)24/h3-9H,1-2H3,(H,22,23). The third-order valence-corrected chi connectivity index (χ3v) is 3.98. The van der Waals surface area contributed by atoms with Gasteiger partial charge in [0.25, 0.3) is 0 Å². The van der Waals surface area contributed by atoms with Crippen LogP contribution < -0.4 is 0 Å². The van der Waals surface area contributed by atoms with E-state index in [-0.39, 0.29) is 33.4 Å². The van der Waals surface area contributed by atoms with Crippen LogP contribution in [0.25, 0.3) is 0 Å². The zero-order valence-electron chi connectivity index (χ0n) is 14.8. The molecule has 0 amide bonds. The molecular formula is C20H14O8. The van der Waals surface area contributed by atoms with Gasteiger partial charge in [0.15, 0.2) is 5.78 Å². The lowest BCUT2D eigenvalue weighted by atomic mass is 9.96. The normalized spacial score (nSPS) is 12.5. The summed E-state index contributed by atoms with van der Waals surface area (Å²) >= 11 is 0. The molecule has 0 aromatic heterocycles. The summed E-state index contributed by atoms with van der Waals surface area (Å²) in [4.78, 5) is 59.6. The first-order valence-electron chi connectivity index (χ1n) is 8.22. The minimum absolute atomic E-state index is 0.0262. The van der Waals surface area contributed by atoms with E-state index in [0.717, 1.165) is 12.1 Å². The van der Waals surface area contributed by atoms with Crippen molar-refractivity contribution in [2.45, 2.75) is 20.0 Å². The molecule has 8 heteroatoms. The molecule has 0 aliphatic carbocycles. The monoisotopic (exact) mass is 382 g/mol. The summed E-state index contributed by atoms with van der Waals surface area (Å²) in [6.07, 6.45) is -0.478. The Morgan fingerprint density at radius 2 is 1.50 bits per heavy atom. The zero-order valence-corrected chi connectivity index (χ0v) is 14.8. The molecule has 1 N–H and O–H groups in total. The Hall–Kier alpha value is -3.81. The highest BCUT2D eigenvalue weighted by atomic mass is 16.6.